The average molecular weight is 386 g/mol. The standard InChI is InChI=1S/C20H19FN2O3S/c21-17-8-6-15(7-9-17)13-27-14-20(25)26-12-19(24)23-11-10-18(22-23)16-4-2-1-3-5-16/h1-9H,10-14H2. The first-order valence-electron chi connectivity index (χ1n) is 8.53. The molecule has 1 aliphatic heterocycles. The zero-order chi connectivity index (χ0) is 19.1. The largest absolute Gasteiger partial charge is 0.455 e. The Hall–Kier alpha value is -2.67. The minimum absolute atomic E-state index is 0.128. The first-order valence-corrected chi connectivity index (χ1v) is 9.68. The van der Waals surface area contributed by atoms with Crippen LogP contribution in [0.5, 0.6) is 0 Å². The topological polar surface area (TPSA) is 59.0 Å². The summed E-state index contributed by atoms with van der Waals surface area (Å²) in [6.07, 6.45) is 0.678. The SMILES string of the molecule is O=C(CSCc1ccc(F)cc1)OCC(=O)N1CCC(c2ccccc2)=N1. The Labute approximate surface area is 161 Å². The fraction of sp³-hybridized carbons (Fsp3) is 0.250. The maximum Gasteiger partial charge on any atom is 0.316 e. The van der Waals surface area contributed by atoms with Gasteiger partial charge in [0, 0.05) is 12.2 Å². The van der Waals surface area contributed by atoms with Crippen molar-refractivity contribution in [2.45, 2.75) is 12.2 Å². The van der Waals surface area contributed by atoms with E-state index in [0.29, 0.717) is 18.7 Å². The maximum atomic E-state index is 12.8. The van der Waals surface area contributed by atoms with Crippen LogP contribution in [-0.2, 0) is 20.1 Å². The number of carbonyl (C=O) groups is 2. The van der Waals surface area contributed by atoms with Gasteiger partial charge in [0.25, 0.3) is 5.91 Å². The second-order valence-electron chi connectivity index (χ2n) is 5.96. The molecule has 1 aliphatic rings. The van der Waals surface area contributed by atoms with Gasteiger partial charge in [0.15, 0.2) is 6.61 Å². The second-order valence-corrected chi connectivity index (χ2v) is 6.95. The van der Waals surface area contributed by atoms with Gasteiger partial charge in [-0.1, -0.05) is 42.5 Å². The van der Waals surface area contributed by atoms with Crippen molar-refractivity contribution in [3.63, 3.8) is 0 Å². The number of benzene rings is 2. The molecule has 0 N–H and O–H groups in total. The number of esters is 1. The Morgan fingerprint density at radius 2 is 1.85 bits per heavy atom. The molecule has 3 rings (SSSR count). The van der Waals surface area contributed by atoms with E-state index in [2.05, 4.69) is 5.10 Å². The van der Waals surface area contributed by atoms with Gasteiger partial charge in [0.2, 0.25) is 0 Å². The van der Waals surface area contributed by atoms with Gasteiger partial charge in [-0.15, -0.1) is 11.8 Å². The molecule has 0 unspecified atom stereocenters. The van der Waals surface area contributed by atoms with Crippen LogP contribution in [0.25, 0.3) is 0 Å². The highest BCUT2D eigenvalue weighted by Gasteiger charge is 2.22. The zero-order valence-electron chi connectivity index (χ0n) is 14.6. The van der Waals surface area contributed by atoms with E-state index in [9.17, 15) is 14.0 Å². The van der Waals surface area contributed by atoms with Gasteiger partial charge in [-0.25, -0.2) is 9.40 Å². The lowest BCUT2D eigenvalue weighted by atomic mass is 10.1. The lowest BCUT2D eigenvalue weighted by Crippen LogP contribution is -2.29. The van der Waals surface area contributed by atoms with E-state index >= 15 is 0 Å². The van der Waals surface area contributed by atoms with E-state index < -0.39 is 5.97 Å². The lowest BCUT2D eigenvalue weighted by molar-refractivity contribution is -0.149. The van der Waals surface area contributed by atoms with Crippen molar-refractivity contribution in [3.05, 3.63) is 71.5 Å². The normalized spacial score (nSPS) is 13.4. The first kappa shape index (κ1) is 19.1. The number of thioether (sulfide) groups is 1. The highest BCUT2D eigenvalue weighted by molar-refractivity contribution is 7.99. The van der Waals surface area contributed by atoms with Gasteiger partial charge in [-0.2, -0.15) is 5.10 Å². The second kappa shape index (κ2) is 9.32. The molecular weight excluding hydrogens is 367 g/mol. The third-order valence-electron chi connectivity index (χ3n) is 3.96. The van der Waals surface area contributed by atoms with E-state index in [0.717, 1.165) is 16.8 Å². The molecule has 140 valence electrons. The van der Waals surface area contributed by atoms with Crippen LogP contribution in [0, 0.1) is 5.82 Å². The van der Waals surface area contributed by atoms with Gasteiger partial charge in [0.1, 0.15) is 5.82 Å². The predicted molar refractivity (Wildman–Crippen MR) is 103 cm³/mol. The van der Waals surface area contributed by atoms with E-state index in [4.69, 9.17) is 4.74 Å². The zero-order valence-corrected chi connectivity index (χ0v) is 15.5. The molecule has 0 spiro atoms. The molecule has 0 fully saturated rings. The molecule has 1 heterocycles. The number of hydrazone groups is 1. The van der Waals surface area contributed by atoms with Crippen LogP contribution in [0.1, 0.15) is 17.5 Å². The number of halogens is 1. The molecule has 1 amide bonds. The summed E-state index contributed by atoms with van der Waals surface area (Å²) in [5, 5.41) is 5.67. The van der Waals surface area contributed by atoms with Crippen LogP contribution in [-0.4, -0.2) is 41.5 Å². The molecule has 0 radical (unpaired) electrons. The van der Waals surface area contributed by atoms with Crippen LogP contribution in [0.4, 0.5) is 4.39 Å². The third-order valence-corrected chi connectivity index (χ3v) is 4.93. The van der Waals surface area contributed by atoms with E-state index in [-0.39, 0.29) is 24.1 Å². The van der Waals surface area contributed by atoms with Gasteiger partial charge in [0.05, 0.1) is 18.0 Å². The molecule has 2 aromatic rings. The average Bonchev–Trinajstić information content (AvgIpc) is 3.19. The number of carbonyl (C=O) groups excluding carboxylic acids is 2. The van der Waals surface area contributed by atoms with E-state index in [1.54, 1.807) is 12.1 Å². The molecule has 0 aliphatic carbocycles. The van der Waals surface area contributed by atoms with Gasteiger partial charge in [-0.3, -0.25) is 9.59 Å². The summed E-state index contributed by atoms with van der Waals surface area (Å²) in [6.45, 7) is 0.168. The van der Waals surface area contributed by atoms with E-state index in [1.165, 1.54) is 28.9 Å². The van der Waals surface area contributed by atoms with Crippen molar-refractivity contribution in [2.75, 3.05) is 18.9 Å². The maximum absolute atomic E-state index is 12.8. The summed E-state index contributed by atoms with van der Waals surface area (Å²) in [6, 6.07) is 15.8. The van der Waals surface area contributed by atoms with Gasteiger partial charge < -0.3 is 4.74 Å². The number of hydrogen-bond donors (Lipinski definition) is 0. The molecule has 27 heavy (non-hydrogen) atoms. The predicted octanol–water partition coefficient (Wildman–Crippen LogP) is 3.24. The summed E-state index contributed by atoms with van der Waals surface area (Å²) < 4.78 is 17.9. The molecule has 0 saturated heterocycles. The highest BCUT2D eigenvalue weighted by Crippen LogP contribution is 2.15. The molecular formula is C20H19FN2O3S. The van der Waals surface area contributed by atoms with Crippen molar-refractivity contribution in [1.29, 1.82) is 0 Å². The Bertz CT molecular complexity index is 825. The Balaban J connectivity index is 1.39. The molecule has 0 bridgehead atoms. The fourth-order valence-corrected chi connectivity index (χ4v) is 3.34. The summed E-state index contributed by atoms with van der Waals surface area (Å²) in [5.74, 6) is -0.384. The van der Waals surface area contributed by atoms with E-state index in [1.807, 2.05) is 30.3 Å². The van der Waals surface area contributed by atoms with Crippen molar-refractivity contribution < 1.29 is 18.7 Å². The minimum atomic E-state index is -0.457. The number of hydrogen-bond acceptors (Lipinski definition) is 5. The molecule has 0 saturated carbocycles. The lowest BCUT2D eigenvalue weighted by Gasteiger charge is -2.11. The van der Waals surface area contributed by atoms with Crippen LogP contribution in [0.3, 0.4) is 0 Å². The van der Waals surface area contributed by atoms with Crippen molar-refractivity contribution in [2.24, 2.45) is 5.10 Å². The van der Waals surface area contributed by atoms with Gasteiger partial charge in [-0.05, 0) is 23.3 Å². The summed E-state index contributed by atoms with van der Waals surface area (Å²) in [7, 11) is 0. The quantitative estimate of drug-likeness (QED) is 0.686. The van der Waals surface area contributed by atoms with Gasteiger partial charge >= 0.3 is 5.97 Å². The van der Waals surface area contributed by atoms with Crippen molar-refractivity contribution >= 4 is 29.4 Å². The smallest absolute Gasteiger partial charge is 0.316 e. The number of nitrogens with zero attached hydrogens (tertiary/aromatic N) is 2. The number of amides is 1. The van der Waals surface area contributed by atoms with Crippen LogP contribution in [0.2, 0.25) is 0 Å². The van der Waals surface area contributed by atoms with Crippen molar-refractivity contribution in [3.8, 4) is 0 Å². The molecule has 7 heteroatoms. The molecule has 5 nitrogen and oxygen atoms in total. The summed E-state index contributed by atoms with van der Waals surface area (Å²) in [4.78, 5) is 23.9. The third kappa shape index (κ3) is 5.65. The molecule has 0 atom stereocenters. The Morgan fingerprint density at radius 3 is 2.59 bits per heavy atom. The highest BCUT2D eigenvalue weighted by atomic mass is 32.2. The summed E-state index contributed by atoms with van der Waals surface area (Å²) >= 11 is 1.35. The minimum Gasteiger partial charge on any atom is -0.455 e. The molecule has 2 aromatic carbocycles. The van der Waals surface area contributed by atoms with Crippen LogP contribution in [0.15, 0.2) is 59.7 Å². The number of rotatable bonds is 7. The Kier molecular flexibility index (Phi) is 6.59. The monoisotopic (exact) mass is 386 g/mol. The van der Waals surface area contributed by atoms with Crippen LogP contribution >= 0.6 is 11.8 Å². The summed E-state index contributed by atoms with van der Waals surface area (Å²) in [5.41, 5.74) is 2.76. The first-order chi connectivity index (χ1) is 13.1. The fourth-order valence-electron chi connectivity index (χ4n) is 2.56. The van der Waals surface area contributed by atoms with Crippen molar-refractivity contribution in [1.82, 2.24) is 5.01 Å². The van der Waals surface area contributed by atoms with Crippen LogP contribution < -0.4 is 0 Å². The Morgan fingerprint density at radius 1 is 1.11 bits per heavy atom. The molecule has 0 aromatic heterocycles. The number of ether oxygens (including phenoxy) is 1.